The third-order valence-corrected chi connectivity index (χ3v) is 2.00. The highest BCUT2D eigenvalue weighted by atomic mass is 16.8. The van der Waals surface area contributed by atoms with E-state index in [0.29, 0.717) is 17.8 Å². The summed E-state index contributed by atoms with van der Waals surface area (Å²) in [5.41, 5.74) is 5.89. The number of carbonyl (C=O) groups excluding carboxylic acids is 1. The second kappa shape index (κ2) is 4.74. The van der Waals surface area contributed by atoms with E-state index in [1.165, 1.54) is 0 Å². The van der Waals surface area contributed by atoms with E-state index in [4.69, 9.17) is 0 Å². The Kier molecular flexibility index (Phi) is 3.62. The van der Waals surface area contributed by atoms with Crippen LogP contribution in [0.5, 0.6) is 0 Å². The van der Waals surface area contributed by atoms with E-state index >= 15 is 0 Å². The van der Waals surface area contributed by atoms with E-state index in [1.54, 1.807) is 31.2 Å². The lowest BCUT2D eigenvalue weighted by atomic mass is 10.3. The van der Waals surface area contributed by atoms with Gasteiger partial charge in [0.05, 0.1) is 5.69 Å². The van der Waals surface area contributed by atoms with Gasteiger partial charge in [-0.3, -0.25) is 15.6 Å². The highest BCUT2D eigenvalue weighted by Crippen LogP contribution is 2.20. The molecule has 15 heavy (non-hydrogen) atoms. The molecule has 0 fully saturated rings. The largest absolute Gasteiger partial charge is 0.299 e. The van der Waals surface area contributed by atoms with Crippen molar-refractivity contribution in [1.29, 1.82) is 0 Å². The number of hydroxylamine groups is 2. The summed E-state index contributed by atoms with van der Waals surface area (Å²) in [6.07, 6.45) is 0.512. The molecule has 0 radical (unpaired) electrons. The molecule has 0 heterocycles. The van der Waals surface area contributed by atoms with Crippen molar-refractivity contribution < 1.29 is 15.2 Å². The molecule has 0 atom stereocenters. The Bertz CT molecular complexity index is 324. The van der Waals surface area contributed by atoms with Crippen LogP contribution < -0.4 is 15.7 Å². The van der Waals surface area contributed by atoms with Crippen LogP contribution in [0.2, 0.25) is 0 Å². The number of rotatable bonds is 5. The zero-order valence-corrected chi connectivity index (χ0v) is 8.34. The van der Waals surface area contributed by atoms with Crippen LogP contribution in [-0.4, -0.2) is 23.4 Å². The maximum Gasteiger partial charge on any atom is 0.225 e. The molecule has 1 aromatic rings. The first-order chi connectivity index (χ1) is 7.10. The molecule has 0 bridgehead atoms. The van der Waals surface area contributed by atoms with Gasteiger partial charge in [-0.2, -0.15) is 10.4 Å². The molecule has 0 aliphatic heterocycles. The molecule has 1 aromatic carbocycles. The Morgan fingerprint density at radius 1 is 1.33 bits per heavy atom. The summed E-state index contributed by atoms with van der Waals surface area (Å²) < 4.78 is 0. The second-order valence-corrected chi connectivity index (χ2v) is 2.98. The molecule has 4 N–H and O–H groups in total. The van der Waals surface area contributed by atoms with Crippen LogP contribution in [0.1, 0.15) is 6.92 Å². The van der Waals surface area contributed by atoms with Gasteiger partial charge in [0.2, 0.25) is 6.41 Å². The van der Waals surface area contributed by atoms with Crippen LogP contribution in [0.15, 0.2) is 24.3 Å². The van der Waals surface area contributed by atoms with Gasteiger partial charge < -0.3 is 0 Å². The molecule has 0 spiro atoms. The monoisotopic (exact) mass is 212 g/mol. The summed E-state index contributed by atoms with van der Waals surface area (Å²) in [6, 6.07) is 6.36. The number of hydrogen-bond acceptors (Lipinski definition) is 4. The van der Waals surface area contributed by atoms with Gasteiger partial charge in [0, 0.05) is 12.1 Å². The minimum absolute atomic E-state index is 0.152. The molecule has 1 amide bonds. The van der Waals surface area contributed by atoms with Gasteiger partial charge in [-0.1, -0.05) is 0 Å². The Labute approximate surface area is 87.2 Å². The van der Waals surface area contributed by atoms with Gasteiger partial charge in [0.15, 0.2) is 5.69 Å². The number of hydrogen-bond donors (Lipinski definition) is 4. The minimum atomic E-state index is -1.15. The molecule has 0 aromatic heterocycles. The van der Waals surface area contributed by atoms with Crippen molar-refractivity contribution in [3.8, 4) is 0 Å². The summed E-state index contributed by atoms with van der Waals surface area (Å²) in [5, 5.41) is 18.9. The zero-order valence-electron chi connectivity index (χ0n) is 8.34. The van der Waals surface area contributed by atoms with E-state index in [0.717, 1.165) is 0 Å². The fourth-order valence-electron chi connectivity index (χ4n) is 1.08. The van der Waals surface area contributed by atoms with Crippen molar-refractivity contribution in [3.05, 3.63) is 24.3 Å². The number of nitrogens with zero attached hydrogens (tertiary/aromatic N) is 1. The molecule has 0 aliphatic rings. The lowest BCUT2D eigenvalue weighted by molar-refractivity contribution is -0.287. The Morgan fingerprint density at radius 2 is 1.93 bits per heavy atom. The van der Waals surface area contributed by atoms with E-state index in [2.05, 4.69) is 10.9 Å². The molecule has 0 unspecified atom stereocenters. The zero-order chi connectivity index (χ0) is 11.3. The third kappa shape index (κ3) is 2.91. The minimum Gasteiger partial charge on any atom is -0.299 e. The fraction of sp³-hybridized carbons (Fsp3) is 0.222. The normalized spacial score (nSPS) is 10.9. The summed E-state index contributed by atoms with van der Waals surface area (Å²) in [6.45, 7) is 1.81. The highest BCUT2D eigenvalue weighted by molar-refractivity contribution is 5.55. The first-order valence-electron chi connectivity index (χ1n) is 4.49. The van der Waals surface area contributed by atoms with Crippen LogP contribution in [0, 0.1) is 0 Å². The molecule has 1 rings (SSSR count). The van der Waals surface area contributed by atoms with Crippen molar-refractivity contribution in [3.63, 3.8) is 0 Å². The SMILES string of the molecule is CC[N+](O)(O)c1ccc(NNC=O)cc1. The Balaban J connectivity index is 2.76. The van der Waals surface area contributed by atoms with Crippen LogP contribution in [-0.2, 0) is 4.79 Å². The molecule has 6 heteroatoms. The number of nitrogens with one attached hydrogen (secondary N) is 2. The topological polar surface area (TPSA) is 81.6 Å². The molecular weight excluding hydrogens is 198 g/mol. The van der Waals surface area contributed by atoms with Crippen molar-refractivity contribution >= 4 is 17.8 Å². The molecule has 0 aliphatic carbocycles. The predicted molar refractivity (Wildman–Crippen MR) is 55.2 cm³/mol. The first-order valence-corrected chi connectivity index (χ1v) is 4.49. The molecule has 0 saturated carbocycles. The van der Waals surface area contributed by atoms with Gasteiger partial charge in [-0.15, -0.1) is 0 Å². The predicted octanol–water partition coefficient (Wildman–Crippen LogP) is 0.865. The molecule has 6 nitrogen and oxygen atoms in total. The van der Waals surface area contributed by atoms with Gasteiger partial charge in [0.1, 0.15) is 6.54 Å². The Morgan fingerprint density at radius 3 is 2.40 bits per heavy atom. The number of quaternary nitrogens is 1. The summed E-state index contributed by atoms with van der Waals surface area (Å²) in [7, 11) is 0. The van der Waals surface area contributed by atoms with Crippen molar-refractivity contribution in [2.45, 2.75) is 6.92 Å². The third-order valence-electron chi connectivity index (χ3n) is 2.00. The standard InChI is InChI=1S/C9H13N3O3/c1-2-12(14,15)9-5-3-8(4-6-9)11-10-7-13/h3-7,11,14-15H,2H2,1H3/p+1. The number of benzene rings is 1. The average molecular weight is 212 g/mol. The number of carbonyl (C=O) groups is 1. The number of amides is 1. The molecule has 82 valence electrons. The second-order valence-electron chi connectivity index (χ2n) is 2.98. The summed E-state index contributed by atoms with van der Waals surface area (Å²) >= 11 is 0. The van der Waals surface area contributed by atoms with Gasteiger partial charge in [-0.25, -0.2) is 0 Å². The molecular formula is C9H14N3O3+. The quantitative estimate of drug-likeness (QED) is 0.331. The van der Waals surface area contributed by atoms with Gasteiger partial charge in [0.25, 0.3) is 0 Å². The van der Waals surface area contributed by atoms with E-state index in [9.17, 15) is 15.2 Å². The van der Waals surface area contributed by atoms with E-state index in [1.807, 2.05) is 0 Å². The fourth-order valence-corrected chi connectivity index (χ4v) is 1.08. The maximum atomic E-state index is 9.99. The van der Waals surface area contributed by atoms with Crippen molar-refractivity contribution in [2.24, 2.45) is 0 Å². The van der Waals surface area contributed by atoms with Crippen LogP contribution >= 0.6 is 0 Å². The van der Waals surface area contributed by atoms with Crippen molar-refractivity contribution in [1.82, 2.24) is 10.2 Å². The summed E-state index contributed by atoms with van der Waals surface area (Å²) in [5.74, 6) is 0. The summed E-state index contributed by atoms with van der Waals surface area (Å²) in [4.78, 5) is 8.84. The van der Waals surface area contributed by atoms with Crippen LogP contribution in [0.25, 0.3) is 0 Å². The average Bonchev–Trinajstić information content (AvgIpc) is 2.27. The maximum absolute atomic E-state index is 9.99. The smallest absolute Gasteiger partial charge is 0.225 e. The van der Waals surface area contributed by atoms with E-state index < -0.39 is 4.81 Å². The van der Waals surface area contributed by atoms with Crippen LogP contribution in [0.4, 0.5) is 11.4 Å². The highest BCUT2D eigenvalue weighted by Gasteiger charge is 2.23. The van der Waals surface area contributed by atoms with E-state index in [-0.39, 0.29) is 6.54 Å². The lowest BCUT2D eigenvalue weighted by Gasteiger charge is -2.18. The number of anilines is 1. The van der Waals surface area contributed by atoms with Gasteiger partial charge >= 0.3 is 0 Å². The number of hydrazine groups is 1. The van der Waals surface area contributed by atoms with Crippen LogP contribution in [0.3, 0.4) is 0 Å². The first kappa shape index (κ1) is 11.4. The van der Waals surface area contributed by atoms with Gasteiger partial charge in [-0.05, 0) is 23.9 Å². The Hall–Kier alpha value is -1.63. The molecule has 0 saturated heterocycles. The lowest BCUT2D eigenvalue weighted by Crippen LogP contribution is -2.41. The van der Waals surface area contributed by atoms with Crippen molar-refractivity contribution in [2.75, 3.05) is 12.0 Å².